The molecule has 0 aliphatic carbocycles. The van der Waals surface area contributed by atoms with Crippen LogP contribution in [0.3, 0.4) is 0 Å². The van der Waals surface area contributed by atoms with Crippen LogP contribution in [-0.4, -0.2) is 41.0 Å². The van der Waals surface area contributed by atoms with E-state index in [-0.39, 0.29) is 39.2 Å². The van der Waals surface area contributed by atoms with Crippen LogP contribution in [0.5, 0.6) is 5.75 Å². The second-order valence-corrected chi connectivity index (χ2v) is 5.92. The van der Waals surface area contributed by atoms with Gasteiger partial charge in [-0.2, -0.15) is 0 Å². The Labute approximate surface area is 132 Å². The van der Waals surface area contributed by atoms with Gasteiger partial charge in [0, 0.05) is 31.1 Å². The molecule has 21 heavy (non-hydrogen) atoms. The molecule has 1 aromatic carbocycles. The lowest BCUT2D eigenvalue weighted by molar-refractivity contribution is -0.120. The fourth-order valence-corrected chi connectivity index (χ4v) is 3.06. The summed E-state index contributed by atoms with van der Waals surface area (Å²) in [7, 11) is 0. The summed E-state index contributed by atoms with van der Waals surface area (Å²) in [6, 6.07) is 2.63. The van der Waals surface area contributed by atoms with Gasteiger partial charge in [0.05, 0.1) is 10.6 Å². The van der Waals surface area contributed by atoms with Crippen LogP contribution in [0.15, 0.2) is 12.1 Å². The number of carbonyl (C=O) groups excluding carboxylic acids is 2. The van der Waals surface area contributed by atoms with Gasteiger partial charge < -0.3 is 15.3 Å². The Hall–Kier alpha value is -1.46. The third kappa shape index (κ3) is 3.80. The van der Waals surface area contributed by atoms with Crippen molar-refractivity contribution in [3.8, 4) is 5.75 Å². The Balaban J connectivity index is 2.18. The molecule has 0 spiro atoms. The lowest BCUT2D eigenvalue weighted by Crippen LogP contribution is -2.49. The van der Waals surface area contributed by atoms with Crippen molar-refractivity contribution in [2.24, 2.45) is 0 Å². The van der Waals surface area contributed by atoms with Crippen molar-refractivity contribution in [2.75, 3.05) is 13.1 Å². The van der Waals surface area contributed by atoms with E-state index in [1.54, 1.807) is 4.90 Å². The highest BCUT2D eigenvalue weighted by Crippen LogP contribution is 2.31. The normalized spacial score (nSPS) is 18.4. The van der Waals surface area contributed by atoms with Gasteiger partial charge in [0.15, 0.2) is 0 Å². The van der Waals surface area contributed by atoms with Crippen LogP contribution in [0.1, 0.15) is 30.1 Å². The minimum Gasteiger partial charge on any atom is -0.507 e. The number of benzene rings is 1. The number of hydrogen-bond donors (Lipinski definition) is 2. The van der Waals surface area contributed by atoms with Crippen LogP contribution in [0.4, 0.5) is 0 Å². The van der Waals surface area contributed by atoms with Crippen molar-refractivity contribution < 1.29 is 14.7 Å². The summed E-state index contributed by atoms with van der Waals surface area (Å²) in [5.41, 5.74) is 0.0459. The van der Waals surface area contributed by atoms with Crippen molar-refractivity contribution in [1.82, 2.24) is 10.2 Å². The molecular weight excluding hydrogens is 315 g/mol. The van der Waals surface area contributed by atoms with Gasteiger partial charge in [0.2, 0.25) is 5.91 Å². The zero-order valence-electron chi connectivity index (χ0n) is 11.5. The summed E-state index contributed by atoms with van der Waals surface area (Å²) in [5, 5.41) is 13.1. The second-order valence-electron chi connectivity index (χ2n) is 5.07. The van der Waals surface area contributed by atoms with Gasteiger partial charge in [-0.05, 0) is 25.0 Å². The number of amides is 2. The number of rotatable bonds is 2. The maximum absolute atomic E-state index is 12.5. The summed E-state index contributed by atoms with van der Waals surface area (Å²) in [5.74, 6) is -0.718. The molecule has 1 aliphatic heterocycles. The third-order valence-corrected chi connectivity index (χ3v) is 3.88. The summed E-state index contributed by atoms with van der Waals surface area (Å²) in [6.45, 7) is 2.41. The zero-order chi connectivity index (χ0) is 15.6. The van der Waals surface area contributed by atoms with Crippen LogP contribution < -0.4 is 5.32 Å². The summed E-state index contributed by atoms with van der Waals surface area (Å²) in [4.78, 5) is 25.2. The number of carbonyl (C=O) groups is 2. The van der Waals surface area contributed by atoms with Gasteiger partial charge >= 0.3 is 0 Å². The molecule has 1 aliphatic rings. The number of hydrogen-bond acceptors (Lipinski definition) is 3. The van der Waals surface area contributed by atoms with E-state index < -0.39 is 0 Å². The Kier molecular flexibility index (Phi) is 4.96. The monoisotopic (exact) mass is 330 g/mol. The number of nitrogens with one attached hydrogen (secondary N) is 1. The Bertz CT molecular complexity index is 554. The highest BCUT2D eigenvalue weighted by molar-refractivity contribution is 6.37. The standard InChI is InChI=1S/C14H16Cl2N2O3/c1-8(19)17-10-3-2-4-18(7-10)14(21)13-11(16)5-9(15)6-12(13)20/h5-6,10,20H,2-4,7H2,1H3,(H,17,19)/t10-/m1/s1. The fourth-order valence-electron chi connectivity index (χ4n) is 2.50. The minimum absolute atomic E-state index is 0.0459. The maximum Gasteiger partial charge on any atom is 0.259 e. The molecule has 1 heterocycles. The molecule has 0 bridgehead atoms. The molecule has 0 saturated carbocycles. The maximum atomic E-state index is 12.5. The first-order valence-electron chi connectivity index (χ1n) is 6.63. The molecule has 0 radical (unpaired) electrons. The third-order valence-electron chi connectivity index (χ3n) is 3.36. The molecule has 1 atom stereocenters. The average molecular weight is 331 g/mol. The number of aromatic hydroxyl groups is 1. The summed E-state index contributed by atoms with van der Waals surface area (Å²) in [6.07, 6.45) is 1.60. The summed E-state index contributed by atoms with van der Waals surface area (Å²) >= 11 is 11.8. The molecule has 0 aromatic heterocycles. The van der Waals surface area contributed by atoms with Crippen molar-refractivity contribution in [3.63, 3.8) is 0 Å². The minimum atomic E-state index is -0.357. The van der Waals surface area contributed by atoms with E-state index >= 15 is 0 Å². The topological polar surface area (TPSA) is 69.6 Å². The Morgan fingerprint density at radius 2 is 2.10 bits per heavy atom. The first-order valence-corrected chi connectivity index (χ1v) is 7.38. The van der Waals surface area contributed by atoms with Crippen LogP contribution in [0, 0.1) is 0 Å². The van der Waals surface area contributed by atoms with E-state index in [0.717, 1.165) is 12.8 Å². The number of phenols is 1. The molecule has 114 valence electrons. The summed E-state index contributed by atoms with van der Waals surface area (Å²) < 4.78 is 0. The molecule has 2 rings (SSSR count). The number of phenolic OH excluding ortho intramolecular Hbond substituents is 1. The van der Waals surface area contributed by atoms with Crippen molar-refractivity contribution in [3.05, 3.63) is 27.7 Å². The van der Waals surface area contributed by atoms with Gasteiger partial charge in [-0.15, -0.1) is 0 Å². The molecule has 7 heteroatoms. The number of nitrogens with zero attached hydrogens (tertiary/aromatic N) is 1. The lowest BCUT2D eigenvalue weighted by Gasteiger charge is -2.33. The second kappa shape index (κ2) is 6.54. The van der Waals surface area contributed by atoms with E-state index in [2.05, 4.69) is 5.32 Å². The highest BCUT2D eigenvalue weighted by Gasteiger charge is 2.28. The predicted molar refractivity (Wildman–Crippen MR) is 80.9 cm³/mol. The number of piperidine rings is 1. The molecule has 1 aromatic rings. The van der Waals surface area contributed by atoms with Crippen LogP contribution in [-0.2, 0) is 4.79 Å². The highest BCUT2D eigenvalue weighted by atomic mass is 35.5. The molecular formula is C14H16Cl2N2O3. The zero-order valence-corrected chi connectivity index (χ0v) is 13.0. The molecule has 1 fully saturated rings. The number of halogens is 2. The van der Waals surface area contributed by atoms with E-state index in [4.69, 9.17) is 23.2 Å². The number of likely N-dealkylation sites (tertiary alicyclic amines) is 1. The van der Waals surface area contributed by atoms with E-state index in [0.29, 0.717) is 13.1 Å². The van der Waals surface area contributed by atoms with E-state index in [1.165, 1.54) is 19.1 Å². The van der Waals surface area contributed by atoms with E-state index in [9.17, 15) is 14.7 Å². The van der Waals surface area contributed by atoms with Gasteiger partial charge in [-0.3, -0.25) is 9.59 Å². The fraction of sp³-hybridized carbons (Fsp3) is 0.429. The van der Waals surface area contributed by atoms with Gasteiger partial charge in [0.1, 0.15) is 5.75 Å². The SMILES string of the molecule is CC(=O)N[C@@H]1CCCN(C(=O)c2c(O)cc(Cl)cc2Cl)C1. The molecule has 5 nitrogen and oxygen atoms in total. The first-order chi connectivity index (χ1) is 9.88. The van der Waals surface area contributed by atoms with Crippen LogP contribution >= 0.6 is 23.2 Å². The van der Waals surface area contributed by atoms with Crippen molar-refractivity contribution in [1.29, 1.82) is 0 Å². The van der Waals surface area contributed by atoms with Crippen LogP contribution in [0.25, 0.3) is 0 Å². The van der Waals surface area contributed by atoms with Crippen molar-refractivity contribution in [2.45, 2.75) is 25.8 Å². The van der Waals surface area contributed by atoms with E-state index in [1.807, 2.05) is 0 Å². The first kappa shape index (κ1) is 15.9. The molecule has 2 N–H and O–H groups in total. The quantitative estimate of drug-likeness (QED) is 0.874. The Morgan fingerprint density at radius 3 is 2.71 bits per heavy atom. The predicted octanol–water partition coefficient (Wildman–Crippen LogP) is 2.44. The molecule has 0 unspecified atom stereocenters. The average Bonchev–Trinajstić information content (AvgIpc) is 2.36. The van der Waals surface area contributed by atoms with Crippen LogP contribution in [0.2, 0.25) is 10.0 Å². The van der Waals surface area contributed by atoms with Gasteiger partial charge in [0.25, 0.3) is 5.91 Å². The smallest absolute Gasteiger partial charge is 0.259 e. The molecule has 2 amide bonds. The lowest BCUT2D eigenvalue weighted by atomic mass is 10.0. The van der Waals surface area contributed by atoms with Gasteiger partial charge in [-0.1, -0.05) is 23.2 Å². The Morgan fingerprint density at radius 1 is 1.38 bits per heavy atom. The van der Waals surface area contributed by atoms with Gasteiger partial charge in [-0.25, -0.2) is 0 Å². The molecule has 1 saturated heterocycles. The van der Waals surface area contributed by atoms with Crippen molar-refractivity contribution >= 4 is 35.0 Å². The largest absolute Gasteiger partial charge is 0.507 e.